The predicted octanol–water partition coefficient (Wildman–Crippen LogP) is 2.26. The van der Waals surface area contributed by atoms with Crippen molar-refractivity contribution in [1.29, 1.82) is 0 Å². The second-order valence-electron chi connectivity index (χ2n) is 5.62. The fourth-order valence-corrected chi connectivity index (χ4v) is 2.67. The molecule has 3 aromatic rings. The number of nitrogens with one attached hydrogen (secondary N) is 3. The SMILES string of the molecule is COC(=O)c1ccc(C(=O)NNC(=O)c2cc3cc(Cl)ccc3[nH]2)c(N)c1. The average Bonchev–Trinajstić information content (AvgIpc) is 3.08. The third-order valence-corrected chi connectivity index (χ3v) is 4.07. The number of amides is 2. The third kappa shape index (κ3) is 3.85. The molecule has 2 amide bonds. The fourth-order valence-electron chi connectivity index (χ4n) is 2.49. The molecule has 0 spiro atoms. The first-order chi connectivity index (χ1) is 12.9. The van der Waals surface area contributed by atoms with Gasteiger partial charge >= 0.3 is 5.97 Å². The van der Waals surface area contributed by atoms with Crippen LogP contribution in [0.5, 0.6) is 0 Å². The number of aromatic nitrogens is 1. The van der Waals surface area contributed by atoms with Crippen molar-refractivity contribution in [2.45, 2.75) is 0 Å². The van der Waals surface area contributed by atoms with Gasteiger partial charge in [-0.1, -0.05) is 11.6 Å². The summed E-state index contributed by atoms with van der Waals surface area (Å²) in [5, 5.41) is 1.31. The van der Waals surface area contributed by atoms with Crippen LogP contribution in [0.1, 0.15) is 31.2 Å². The number of esters is 1. The molecule has 0 fully saturated rings. The van der Waals surface area contributed by atoms with E-state index in [0.717, 1.165) is 10.9 Å². The normalized spacial score (nSPS) is 10.4. The number of carbonyl (C=O) groups excluding carboxylic acids is 3. The number of nitrogen functional groups attached to an aromatic ring is 1. The number of H-pyrrole nitrogens is 1. The number of benzene rings is 2. The summed E-state index contributed by atoms with van der Waals surface area (Å²) in [6, 6.07) is 10.9. The summed E-state index contributed by atoms with van der Waals surface area (Å²) in [7, 11) is 1.24. The summed E-state index contributed by atoms with van der Waals surface area (Å²) in [5.74, 6) is -1.74. The van der Waals surface area contributed by atoms with Crippen molar-refractivity contribution < 1.29 is 19.1 Å². The average molecular weight is 387 g/mol. The minimum atomic E-state index is -0.628. The maximum absolute atomic E-state index is 12.2. The van der Waals surface area contributed by atoms with Crippen LogP contribution in [-0.4, -0.2) is 29.9 Å². The number of ether oxygens (including phenoxy) is 1. The van der Waals surface area contributed by atoms with Crippen molar-refractivity contribution in [2.75, 3.05) is 12.8 Å². The van der Waals surface area contributed by atoms with Gasteiger partial charge in [0.1, 0.15) is 5.69 Å². The Morgan fingerprint density at radius 3 is 2.48 bits per heavy atom. The molecule has 8 nitrogen and oxygen atoms in total. The Morgan fingerprint density at radius 2 is 1.78 bits per heavy atom. The highest BCUT2D eigenvalue weighted by Crippen LogP contribution is 2.20. The zero-order valence-corrected chi connectivity index (χ0v) is 14.9. The van der Waals surface area contributed by atoms with E-state index in [9.17, 15) is 14.4 Å². The fraction of sp³-hybridized carbons (Fsp3) is 0.0556. The minimum absolute atomic E-state index is 0.0740. The lowest BCUT2D eigenvalue weighted by Crippen LogP contribution is -2.42. The van der Waals surface area contributed by atoms with Crippen LogP contribution in [0.4, 0.5) is 5.69 Å². The maximum atomic E-state index is 12.2. The Bertz CT molecular complexity index is 1060. The summed E-state index contributed by atoms with van der Waals surface area (Å²) in [5.41, 5.74) is 11.8. The Kier molecular flexibility index (Phi) is 5.00. The van der Waals surface area contributed by atoms with E-state index in [1.54, 1.807) is 24.3 Å². The van der Waals surface area contributed by atoms with Gasteiger partial charge in [-0.2, -0.15) is 0 Å². The highest BCUT2D eigenvalue weighted by Gasteiger charge is 2.15. The molecule has 2 aromatic carbocycles. The summed E-state index contributed by atoms with van der Waals surface area (Å²) in [6.07, 6.45) is 0. The summed E-state index contributed by atoms with van der Waals surface area (Å²) in [4.78, 5) is 38.8. The van der Waals surface area contributed by atoms with Gasteiger partial charge in [-0.15, -0.1) is 0 Å². The van der Waals surface area contributed by atoms with Crippen LogP contribution in [0, 0.1) is 0 Å². The van der Waals surface area contributed by atoms with E-state index in [0.29, 0.717) is 5.02 Å². The van der Waals surface area contributed by atoms with E-state index in [-0.39, 0.29) is 22.5 Å². The quantitative estimate of drug-likeness (QED) is 0.312. The largest absolute Gasteiger partial charge is 0.465 e. The van der Waals surface area contributed by atoms with Gasteiger partial charge in [0.15, 0.2) is 0 Å². The topological polar surface area (TPSA) is 126 Å². The van der Waals surface area contributed by atoms with Crippen molar-refractivity contribution in [2.24, 2.45) is 0 Å². The van der Waals surface area contributed by atoms with Gasteiger partial charge in [0.25, 0.3) is 11.8 Å². The van der Waals surface area contributed by atoms with Gasteiger partial charge in [0.2, 0.25) is 0 Å². The van der Waals surface area contributed by atoms with Crippen molar-refractivity contribution in [3.63, 3.8) is 0 Å². The van der Waals surface area contributed by atoms with Gasteiger partial charge in [0, 0.05) is 21.6 Å². The van der Waals surface area contributed by atoms with Crippen LogP contribution in [0.3, 0.4) is 0 Å². The first kappa shape index (κ1) is 18.3. The van der Waals surface area contributed by atoms with Gasteiger partial charge in [-0.25, -0.2) is 4.79 Å². The lowest BCUT2D eigenvalue weighted by atomic mass is 10.1. The molecule has 0 unspecified atom stereocenters. The highest BCUT2D eigenvalue weighted by atomic mass is 35.5. The van der Waals surface area contributed by atoms with Crippen molar-refractivity contribution in [3.8, 4) is 0 Å². The van der Waals surface area contributed by atoms with Crippen LogP contribution >= 0.6 is 11.6 Å². The third-order valence-electron chi connectivity index (χ3n) is 3.83. The number of halogens is 1. The van der Waals surface area contributed by atoms with Gasteiger partial charge in [-0.3, -0.25) is 20.4 Å². The molecule has 0 aliphatic rings. The van der Waals surface area contributed by atoms with Gasteiger partial charge < -0.3 is 15.5 Å². The monoisotopic (exact) mass is 386 g/mol. The zero-order valence-electron chi connectivity index (χ0n) is 14.1. The number of anilines is 1. The number of methoxy groups -OCH3 is 1. The Labute approximate surface area is 158 Å². The summed E-state index contributed by atoms with van der Waals surface area (Å²) < 4.78 is 4.59. The number of fused-ring (bicyclic) bond motifs is 1. The van der Waals surface area contributed by atoms with E-state index in [2.05, 4.69) is 20.6 Å². The molecule has 1 aromatic heterocycles. The number of aromatic amines is 1. The van der Waals surface area contributed by atoms with Crippen molar-refractivity contribution in [3.05, 3.63) is 64.3 Å². The number of hydrogen-bond acceptors (Lipinski definition) is 5. The molecule has 0 radical (unpaired) electrons. The van der Waals surface area contributed by atoms with Gasteiger partial charge in [-0.05, 0) is 42.5 Å². The highest BCUT2D eigenvalue weighted by molar-refractivity contribution is 6.31. The van der Waals surface area contributed by atoms with E-state index in [1.807, 2.05) is 0 Å². The molecular weight excluding hydrogens is 372 g/mol. The van der Waals surface area contributed by atoms with Crippen LogP contribution < -0.4 is 16.6 Å². The number of carbonyl (C=O) groups is 3. The van der Waals surface area contributed by atoms with Crippen molar-refractivity contribution in [1.82, 2.24) is 15.8 Å². The molecule has 0 atom stereocenters. The van der Waals surface area contributed by atoms with Crippen molar-refractivity contribution >= 4 is 46.0 Å². The standard InChI is InChI=1S/C18H15ClN4O4/c1-27-18(26)9-2-4-12(13(20)7-9)16(24)22-23-17(25)15-8-10-6-11(19)3-5-14(10)21-15/h2-8,21H,20H2,1H3,(H,22,24)(H,23,25). The summed E-state index contributed by atoms with van der Waals surface area (Å²) in [6.45, 7) is 0. The first-order valence-corrected chi connectivity index (χ1v) is 8.13. The molecule has 138 valence electrons. The molecule has 5 N–H and O–H groups in total. The molecule has 0 aliphatic carbocycles. The molecule has 0 saturated heterocycles. The molecule has 9 heteroatoms. The second kappa shape index (κ2) is 7.38. The Hall–Kier alpha value is -3.52. The molecule has 3 rings (SSSR count). The van der Waals surface area contributed by atoms with E-state index in [1.165, 1.54) is 25.3 Å². The Balaban J connectivity index is 1.69. The van der Waals surface area contributed by atoms with E-state index < -0.39 is 17.8 Å². The van der Waals surface area contributed by atoms with Crippen LogP contribution in [-0.2, 0) is 4.74 Å². The minimum Gasteiger partial charge on any atom is -0.465 e. The molecule has 27 heavy (non-hydrogen) atoms. The maximum Gasteiger partial charge on any atom is 0.337 e. The van der Waals surface area contributed by atoms with Crippen LogP contribution in [0.25, 0.3) is 10.9 Å². The van der Waals surface area contributed by atoms with E-state index >= 15 is 0 Å². The summed E-state index contributed by atoms with van der Waals surface area (Å²) >= 11 is 5.92. The number of hydrogen-bond donors (Lipinski definition) is 4. The lowest BCUT2D eigenvalue weighted by molar-refractivity contribution is 0.0600. The molecule has 0 saturated carbocycles. The van der Waals surface area contributed by atoms with E-state index in [4.69, 9.17) is 17.3 Å². The van der Waals surface area contributed by atoms with Crippen LogP contribution in [0.15, 0.2) is 42.5 Å². The number of hydrazine groups is 1. The zero-order chi connectivity index (χ0) is 19.6. The molecule has 1 heterocycles. The lowest BCUT2D eigenvalue weighted by Gasteiger charge is -2.09. The number of nitrogens with two attached hydrogens (primary N) is 1. The molecular formula is C18H15ClN4O4. The smallest absolute Gasteiger partial charge is 0.337 e. The molecule has 0 bridgehead atoms. The second-order valence-corrected chi connectivity index (χ2v) is 6.05. The van der Waals surface area contributed by atoms with Gasteiger partial charge in [0.05, 0.1) is 18.2 Å². The van der Waals surface area contributed by atoms with Crippen LogP contribution in [0.2, 0.25) is 5.02 Å². The predicted molar refractivity (Wildman–Crippen MR) is 100 cm³/mol. The molecule has 0 aliphatic heterocycles. The Morgan fingerprint density at radius 1 is 1.04 bits per heavy atom. The number of rotatable bonds is 3. The first-order valence-electron chi connectivity index (χ1n) is 7.76.